The molecule has 0 unspecified atom stereocenters. The number of hydrazone groups is 1. The van der Waals surface area contributed by atoms with Crippen molar-refractivity contribution in [2.24, 2.45) is 5.10 Å². The number of nitrogens with zero attached hydrogens (tertiary/aromatic N) is 6. The maximum Gasteiger partial charge on any atom is 0.311 e. The van der Waals surface area contributed by atoms with Gasteiger partial charge in [-0.25, -0.2) is 5.43 Å². The number of rotatable bonds is 7. The number of nitrogens with one attached hydrogen (secondary N) is 2. The third-order valence-electron chi connectivity index (χ3n) is 5.53. The van der Waals surface area contributed by atoms with E-state index in [-0.39, 0.29) is 11.5 Å². The van der Waals surface area contributed by atoms with Gasteiger partial charge < -0.3 is 20.1 Å². The molecule has 182 valence electrons. The summed E-state index contributed by atoms with van der Waals surface area (Å²) in [6.07, 6.45) is 1.26. The number of phenols is 1. The van der Waals surface area contributed by atoms with Crippen LogP contribution in [0.2, 0.25) is 0 Å². The van der Waals surface area contributed by atoms with Gasteiger partial charge in [-0.05, 0) is 29.0 Å². The summed E-state index contributed by atoms with van der Waals surface area (Å²) in [4.78, 5) is 25.8. The lowest BCUT2D eigenvalue weighted by molar-refractivity contribution is -0.385. The molecule has 3 N–H and O–H groups in total. The molecular weight excluding hydrogens is 464 g/mol. The summed E-state index contributed by atoms with van der Waals surface area (Å²) in [6.45, 7) is 2.38. The first-order chi connectivity index (χ1) is 17.6. The maximum atomic E-state index is 11.1. The van der Waals surface area contributed by atoms with E-state index >= 15 is 0 Å². The van der Waals surface area contributed by atoms with Gasteiger partial charge in [0, 0.05) is 30.4 Å². The van der Waals surface area contributed by atoms with Crippen LogP contribution in [0.4, 0.5) is 29.2 Å². The van der Waals surface area contributed by atoms with Gasteiger partial charge in [-0.2, -0.15) is 20.1 Å². The highest BCUT2D eigenvalue weighted by Crippen LogP contribution is 2.28. The second-order valence-corrected chi connectivity index (χ2v) is 7.91. The largest absolute Gasteiger partial charge is 0.502 e. The van der Waals surface area contributed by atoms with Crippen LogP contribution in [0.25, 0.3) is 10.8 Å². The summed E-state index contributed by atoms with van der Waals surface area (Å²) in [5.41, 5.74) is 3.31. The number of morpholine rings is 1. The van der Waals surface area contributed by atoms with Crippen LogP contribution in [0.1, 0.15) is 5.56 Å². The predicted molar refractivity (Wildman–Crippen MR) is 136 cm³/mol. The number of fused-ring (bicyclic) bond motifs is 1. The number of anilines is 4. The van der Waals surface area contributed by atoms with E-state index in [4.69, 9.17) is 4.74 Å². The standard InChI is InChI=1S/C24H22N8O4/c33-21-18(6-3-7-20(21)32(34)35)15-25-30-23-27-22(28-24(29-23)31-10-12-36-13-11-31)26-19-9-8-16-4-1-2-5-17(16)14-19/h1-9,14-15,33H,10-13H2,(H2,26,27,28,29,30)/b25-15+. The molecule has 0 bridgehead atoms. The monoisotopic (exact) mass is 486 g/mol. The summed E-state index contributed by atoms with van der Waals surface area (Å²) in [5, 5.41) is 30.7. The number of aromatic hydroxyl groups is 1. The molecule has 5 rings (SSSR count). The Kier molecular flexibility index (Phi) is 6.49. The molecule has 4 aromatic rings. The van der Waals surface area contributed by atoms with Crippen LogP contribution >= 0.6 is 0 Å². The SMILES string of the molecule is O=[N+]([O-])c1cccc(/C=N/Nc2nc(Nc3ccc4ccccc4c3)nc(N3CCOCC3)n2)c1O. The number of nitro benzene ring substituents is 1. The highest BCUT2D eigenvalue weighted by Gasteiger charge is 2.18. The highest BCUT2D eigenvalue weighted by atomic mass is 16.6. The van der Waals surface area contributed by atoms with E-state index in [1.165, 1.54) is 24.4 Å². The van der Waals surface area contributed by atoms with Gasteiger partial charge in [0.1, 0.15) is 0 Å². The van der Waals surface area contributed by atoms with Gasteiger partial charge in [-0.1, -0.05) is 36.4 Å². The van der Waals surface area contributed by atoms with Gasteiger partial charge in [0.25, 0.3) is 0 Å². The van der Waals surface area contributed by atoms with Crippen molar-refractivity contribution >= 4 is 46.2 Å². The fourth-order valence-electron chi connectivity index (χ4n) is 3.73. The second kappa shape index (κ2) is 10.2. The van der Waals surface area contributed by atoms with Crippen LogP contribution in [-0.2, 0) is 4.74 Å². The summed E-state index contributed by atoms with van der Waals surface area (Å²) in [7, 11) is 0. The van der Waals surface area contributed by atoms with E-state index in [1.54, 1.807) is 0 Å². The Morgan fingerprint density at radius 2 is 1.78 bits per heavy atom. The fraction of sp³-hybridized carbons (Fsp3) is 0.167. The molecule has 0 saturated carbocycles. The zero-order chi connectivity index (χ0) is 24.9. The van der Waals surface area contributed by atoms with Gasteiger partial charge in [-0.15, -0.1) is 0 Å². The number of para-hydroxylation sites is 1. The summed E-state index contributed by atoms with van der Waals surface area (Å²) in [6, 6.07) is 18.2. The molecule has 0 radical (unpaired) electrons. The van der Waals surface area contributed by atoms with Crippen molar-refractivity contribution in [2.75, 3.05) is 41.9 Å². The molecular formula is C24H22N8O4. The molecule has 1 saturated heterocycles. The third-order valence-corrected chi connectivity index (χ3v) is 5.53. The Hall–Kier alpha value is -4.84. The fourth-order valence-corrected chi connectivity index (χ4v) is 3.73. The summed E-state index contributed by atoms with van der Waals surface area (Å²) >= 11 is 0. The number of benzene rings is 3. The third kappa shape index (κ3) is 5.13. The van der Waals surface area contributed by atoms with Crippen molar-refractivity contribution in [1.82, 2.24) is 15.0 Å². The molecule has 0 spiro atoms. The quantitative estimate of drug-likeness (QED) is 0.200. The van der Waals surface area contributed by atoms with E-state index in [2.05, 4.69) is 30.8 Å². The summed E-state index contributed by atoms with van der Waals surface area (Å²) in [5.74, 6) is 0.456. The Morgan fingerprint density at radius 1 is 1.00 bits per heavy atom. The smallest absolute Gasteiger partial charge is 0.311 e. The average molecular weight is 486 g/mol. The van der Waals surface area contributed by atoms with Crippen molar-refractivity contribution in [3.63, 3.8) is 0 Å². The Morgan fingerprint density at radius 3 is 2.58 bits per heavy atom. The first kappa shape index (κ1) is 22.9. The van der Waals surface area contributed by atoms with Gasteiger partial charge in [0.15, 0.2) is 0 Å². The molecule has 12 heteroatoms. The summed E-state index contributed by atoms with van der Waals surface area (Å²) < 4.78 is 5.43. The van der Waals surface area contributed by atoms with Crippen molar-refractivity contribution < 1.29 is 14.8 Å². The van der Waals surface area contributed by atoms with Crippen LogP contribution in [0.3, 0.4) is 0 Å². The number of nitro groups is 1. The lowest BCUT2D eigenvalue weighted by Gasteiger charge is -2.27. The zero-order valence-corrected chi connectivity index (χ0v) is 19.0. The lowest BCUT2D eigenvalue weighted by Crippen LogP contribution is -2.37. The van der Waals surface area contributed by atoms with Crippen molar-refractivity contribution in [3.8, 4) is 5.75 Å². The highest BCUT2D eigenvalue weighted by molar-refractivity contribution is 5.87. The molecule has 12 nitrogen and oxygen atoms in total. The van der Waals surface area contributed by atoms with Crippen LogP contribution in [0.15, 0.2) is 65.8 Å². The van der Waals surface area contributed by atoms with E-state index in [1.807, 2.05) is 47.4 Å². The van der Waals surface area contributed by atoms with Gasteiger partial charge in [0.2, 0.25) is 23.6 Å². The molecule has 2 heterocycles. The van der Waals surface area contributed by atoms with Gasteiger partial charge >= 0.3 is 5.69 Å². The minimum atomic E-state index is -0.661. The number of ether oxygens (including phenoxy) is 1. The lowest BCUT2D eigenvalue weighted by atomic mass is 10.1. The molecule has 3 aromatic carbocycles. The number of aromatic nitrogens is 3. The Labute approximate surface area is 205 Å². The van der Waals surface area contributed by atoms with E-state index in [9.17, 15) is 15.2 Å². The molecule has 1 aromatic heterocycles. The number of hydrogen-bond acceptors (Lipinski definition) is 11. The second-order valence-electron chi connectivity index (χ2n) is 7.91. The normalized spacial score (nSPS) is 13.7. The Balaban J connectivity index is 1.42. The predicted octanol–water partition coefficient (Wildman–Crippen LogP) is 3.66. The van der Waals surface area contributed by atoms with E-state index in [0.717, 1.165) is 16.5 Å². The topological polar surface area (TPSA) is 151 Å². The molecule has 1 fully saturated rings. The molecule has 0 amide bonds. The van der Waals surface area contributed by atoms with Gasteiger partial charge in [-0.3, -0.25) is 10.1 Å². The minimum Gasteiger partial charge on any atom is -0.502 e. The van der Waals surface area contributed by atoms with Crippen molar-refractivity contribution in [1.29, 1.82) is 0 Å². The molecule has 1 aliphatic heterocycles. The first-order valence-electron chi connectivity index (χ1n) is 11.2. The van der Waals surface area contributed by atoms with Crippen LogP contribution in [-0.4, -0.2) is 57.5 Å². The molecule has 0 aliphatic carbocycles. The van der Waals surface area contributed by atoms with Crippen LogP contribution < -0.4 is 15.6 Å². The van der Waals surface area contributed by atoms with Crippen molar-refractivity contribution in [3.05, 3.63) is 76.3 Å². The first-order valence-corrected chi connectivity index (χ1v) is 11.2. The van der Waals surface area contributed by atoms with E-state index in [0.29, 0.717) is 38.2 Å². The van der Waals surface area contributed by atoms with Gasteiger partial charge in [0.05, 0.1) is 24.4 Å². The molecule has 36 heavy (non-hydrogen) atoms. The number of phenolic OH excluding ortho intramolecular Hbond substituents is 1. The van der Waals surface area contributed by atoms with Crippen LogP contribution in [0.5, 0.6) is 5.75 Å². The van der Waals surface area contributed by atoms with Crippen molar-refractivity contribution in [2.45, 2.75) is 0 Å². The minimum absolute atomic E-state index is 0.163. The molecule has 1 aliphatic rings. The van der Waals surface area contributed by atoms with Crippen LogP contribution in [0, 0.1) is 10.1 Å². The average Bonchev–Trinajstić information content (AvgIpc) is 2.90. The zero-order valence-electron chi connectivity index (χ0n) is 19.0. The number of hydrogen-bond donors (Lipinski definition) is 3. The maximum absolute atomic E-state index is 11.1. The van der Waals surface area contributed by atoms with E-state index < -0.39 is 16.4 Å². The molecule has 0 atom stereocenters. The Bertz CT molecular complexity index is 1440.